The lowest BCUT2D eigenvalue weighted by Gasteiger charge is -2.15. The van der Waals surface area contributed by atoms with Crippen LogP contribution in [0.3, 0.4) is 0 Å². The molecule has 0 aliphatic heterocycles. The zero-order chi connectivity index (χ0) is 20.7. The molecule has 148 valence electrons. The average Bonchev–Trinajstić information content (AvgIpc) is 2.70. The Balaban J connectivity index is 2.01. The highest BCUT2D eigenvalue weighted by Crippen LogP contribution is 2.38. The summed E-state index contributed by atoms with van der Waals surface area (Å²) in [5, 5.41) is 2.44. The topological polar surface area (TPSA) is 97.9 Å². The fourth-order valence-electron chi connectivity index (χ4n) is 2.39. The Morgan fingerprint density at radius 3 is 2.04 bits per heavy atom. The van der Waals surface area contributed by atoms with E-state index in [1.165, 1.54) is 33.5 Å². The lowest BCUT2D eigenvalue weighted by molar-refractivity contribution is 0.0934. The third-order valence-corrected chi connectivity index (χ3v) is 3.93. The van der Waals surface area contributed by atoms with Crippen LogP contribution in [-0.2, 0) is 0 Å². The second-order valence-electron chi connectivity index (χ2n) is 5.65. The quantitative estimate of drug-likeness (QED) is 0.519. The molecule has 2 amide bonds. The summed E-state index contributed by atoms with van der Waals surface area (Å²) in [4.78, 5) is 24.5. The first-order chi connectivity index (χ1) is 13.4. The van der Waals surface area contributed by atoms with Crippen LogP contribution < -0.4 is 30.4 Å². The summed E-state index contributed by atoms with van der Waals surface area (Å²) in [7, 11) is 4.37. The van der Waals surface area contributed by atoms with Gasteiger partial charge in [-0.2, -0.15) is 0 Å². The van der Waals surface area contributed by atoms with Gasteiger partial charge in [-0.1, -0.05) is 17.7 Å². The summed E-state index contributed by atoms with van der Waals surface area (Å²) in [6.07, 6.45) is 0. The van der Waals surface area contributed by atoms with E-state index in [4.69, 9.17) is 26.4 Å². The van der Waals surface area contributed by atoms with Gasteiger partial charge in [-0.15, -0.1) is 0 Å². The highest BCUT2D eigenvalue weighted by atomic mass is 32.1. The van der Waals surface area contributed by atoms with Gasteiger partial charge in [0.15, 0.2) is 16.6 Å². The predicted molar refractivity (Wildman–Crippen MR) is 108 cm³/mol. The number of nitrogens with one attached hydrogen (secondary N) is 3. The Labute approximate surface area is 168 Å². The van der Waals surface area contributed by atoms with E-state index < -0.39 is 5.91 Å². The molecular formula is C19H21N3O5S. The van der Waals surface area contributed by atoms with Crippen LogP contribution in [0.2, 0.25) is 0 Å². The number of hydrazine groups is 1. The first-order valence-electron chi connectivity index (χ1n) is 8.18. The van der Waals surface area contributed by atoms with Crippen LogP contribution in [0.5, 0.6) is 17.2 Å². The van der Waals surface area contributed by atoms with Crippen LogP contribution in [0.1, 0.15) is 26.3 Å². The molecule has 0 aliphatic carbocycles. The van der Waals surface area contributed by atoms with Crippen molar-refractivity contribution in [1.82, 2.24) is 16.2 Å². The maximum absolute atomic E-state index is 12.4. The summed E-state index contributed by atoms with van der Waals surface area (Å²) < 4.78 is 15.7. The predicted octanol–water partition coefficient (Wildman–Crippen LogP) is 1.97. The van der Waals surface area contributed by atoms with Gasteiger partial charge in [-0.05, 0) is 43.4 Å². The van der Waals surface area contributed by atoms with E-state index in [1.807, 2.05) is 13.0 Å². The summed E-state index contributed by atoms with van der Waals surface area (Å²) in [6, 6.07) is 10.0. The molecule has 2 aromatic carbocycles. The van der Waals surface area contributed by atoms with Crippen molar-refractivity contribution in [2.45, 2.75) is 6.92 Å². The maximum Gasteiger partial charge on any atom is 0.269 e. The van der Waals surface area contributed by atoms with Crippen molar-refractivity contribution in [2.75, 3.05) is 21.3 Å². The molecule has 8 nitrogen and oxygen atoms in total. The second-order valence-corrected chi connectivity index (χ2v) is 6.05. The van der Waals surface area contributed by atoms with Crippen molar-refractivity contribution >= 4 is 29.1 Å². The van der Waals surface area contributed by atoms with Gasteiger partial charge in [-0.3, -0.25) is 25.8 Å². The van der Waals surface area contributed by atoms with Crippen molar-refractivity contribution in [1.29, 1.82) is 0 Å². The highest BCUT2D eigenvalue weighted by molar-refractivity contribution is 7.80. The van der Waals surface area contributed by atoms with Gasteiger partial charge in [0.25, 0.3) is 11.8 Å². The van der Waals surface area contributed by atoms with E-state index in [2.05, 4.69) is 16.2 Å². The first-order valence-corrected chi connectivity index (χ1v) is 8.58. The smallest absolute Gasteiger partial charge is 0.269 e. The molecule has 9 heteroatoms. The van der Waals surface area contributed by atoms with E-state index >= 15 is 0 Å². The number of carbonyl (C=O) groups excluding carboxylic acids is 2. The van der Waals surface area contributed by atoms with Gasteiger partial charge in [0.2, 0.25) is 5.75 Å². The molecule has 0 atom stereocenters. The summed E-state index contributed by atoms with van der Waals surface area (Å²) in [5.74, 6) is 0.148. The highest BCUT2D eigenvalue weighted by Gasteiger charge is 2.17. The number of methoxy groups -OCH3 is 3. The van der Waals surface area contributed by atoms with Crippen molar-refractivity contribution in [3.05, 3.63) is 53.1 Å². The molecule has 0 bridgehead atoms. The Morgan fingerprint density at radius 1 is 0.857 bits per heavy atom. The molecule has 0 saturated heterocycles. The van der Waals surface area contributed by atoms with Crippen LogP contribution in [0, 0.1) is 6.92 Å². The van der Waals surface area contributed by atoms with Crippen LogP contribution >= 0.6 is 12.2 Å². The number of aryl methyl sites for hydroxylation is 1. The molecule has 0 unspecified atom stereocenters. The maximum atomic E-state index is 12.4. The Kier molecular flexibility index (Phi) is 7.16. The number of carbonyl (C=O) groups is 2. The minimum absolute atomic E-state index is 0.0488. The zero-order valence-electron chi connectivity index (χ0n) is 15.9. The minimum atomic E-state index is -0.508. The van der Waals surface area contributed by atoms with Crippen molar-refractivity contribution < 1.29 is 23.8 Å². The minimum Gasteiger partial charge on any atom is -0.493 e. The third-order valence-electron chi connectivity index (χ3n) is 3.72. The van der Waals surface area contributed by atoms with Gasteiger partial charge < -0.3 is 14.2 Å². The van der Waals surface area contributed by atoms with Gasteiger partial charge >= 0.3 is 0 Å². The Hall–Kier alpha value is -3.33. The third kappa shape index (κ3) is 5.10. The monoisotopic (exact) mass is 403 g/mol. The molecule has 0 heterocycles. The van der Waals surface area contributed by atoms with Gasteiger partial charge in [-0.25, -0.2) is 0 Å². The number of rotatable bonds is 5. The van der Waals surface area contributed by atoms with Gasteiger partial charge in [0.05, 0.1) is 21.3 Å². The van der Waals surface area contributed by atoms with Crippen LogP contribution in [-0.4, -0.2) is 38.3 Å². The summed E-state index contributed by atoms with van der Waals surface area (Å²) in [6.45, 7) is 1.88. The van der Waals surface area contributed by atoms with E-state index in [0.29, 0.717) is 22.8 Å². The van der Waals surface area contributed by atoms with E-state index in [-0.39, 0.29) is 16.6 Å². The Bertz CT molecular complexity index is 876. The Morgan fingerprint density at radius 2 is 1.50 bits per heavy atom. The van der Waals surface area contributed by atoms with Crippen molar-refractivity contribution in [2.24, 2.45) is 0 Å². The van der Waals surface area contributed by atoms with Gasteiger partial charge in [0.1, 0.15) is 0 Å². The first kappa shape index (κ1) is 21.0. The number of hydrogen-bond donors (Lipinski definition) is 3. The van der Waals surface area contributed by atoms with Gasteiger partial charge in [0, 0.05) is 11.1 Å². The van der Waals surface area contributed by atoms with E-state index in [9.17, 15) is 9.59 Å². The average molecular weight is 403 g/mol. The molecule has 0 fully saturated rings. The zero-order valence-corrected chi connectivity index (χ0v) is 16.7. The molecule has 0 aromatic heterocycles. The van der Waals surface area contributed by atoms with Crippen LogP contribution in [0.4, 0.5) is 0 Å². The number of amides is 2. The lowest BCUT2D eigenvalue weighted by Crippen LogP contribution is -2.48. The fraction of sp³-hybridized carbons (Fsp3) is 0.211. The second kappa shape index (κ2) is 9.56. The van der Waals surface area contributed by atoms with Crippen molar-refractivity contribution in [3.63, 3.8) is 0 Å². The lowest BCUT2D eigenvalue weighted by atomic mass is 10.1. The number of ether oxygens (including phenoxy) is 3. The summed E-state index contributed by atoms with van der Waals surface area (Å²) in [5.41, 5.74) is 6.55. The van der Waals surface area contributed by atoms with Crippen molar-refractivity contribution in [3.8, 4) is 17.2 Å². The van der Waals surface area contributed by atoms with Crippen LogP contribution in [0.25, 0.3) is 0 Å². The SMILES string of the molecule is COc1cc(C(=O)NNC(=S)NC(=O)c2cccc(C)c2)cc(OC)c1OC. The molecule has 0 spiro atoms. The normalized spacial score (nSPS) is 9.86. The summed E-state index contributed by atoms with van der Waals surface area (Å²) >= 11 is 5.04. The molecular weight excluding hydrogens is 382 g/mol. The standard InChI is InChI=1S/C19H21N3O5S/c1-11-6-5-7-12(8-11)17(23)20-19(28)22-21-18(24)13-9-14(25-2)16(27-4)15(10-13)26-3/h5-10H,1-4H3,(H,21,24)(H2,20,22,23,28). The molecule has 2 rings (SSSR count). The molecule has 0 saturated carbocycles. The molecule has 3 N–H and O–H groups in total. The number of benzene rings is 2. The molecule has 2 aromatic rings. The van der Waals surface area contributed by atoms with Crippen LogP contribution in [0.15, 0.2) is 36.4 Å². The molecule has 28 heavy (non-hydrogen) atoms. The fourth-order valence-corrected chi connectivity index (χ4v) is 2.53. The number of hydrogen-bond acceptors (Lipinski definition) is 6. The molecule has 0 radical (unpaired) electrons. The largest absolute Gasteiger partial charge is 0.493 e. The van der Waals surface area contributed by atoms with E-state index in [0.717, 1.165) is 5.56 Å². The van der Waals surface area contributed by atoms with E-state index in [1.54, 1.807) is 18.2 Å². The molecule has 0 aliphatic rings. The number of thiocarbonyl (C=S) groups is 1.